The van der Waals surface area contributed by atoms with Crippen molar-refractivity contribution in [1.29, 1.82) is 0 Å². The minimum atomic E-state index is -1.46. The Balaban J connectivity index is 2.78. The zero-order valence-corrected chi connectivity index (χ0v) is 19.6. The molecule has 0 aromatic carbocycles. The van der Waals surface area contributed by atoms with Gasteiger partial charge in [-0.3, -0.25) is 0 Å². The minimum absolute atomic E-state index is 0.0618. The van der Waals surface area contributed by atoms with E-state index in [1.165, 1.54) is 0 Å². The number of aromatic nitrogens is 2. The third-order valence-electron chi connectivity index (χ3n) is 3.98. The van der Waals surface area contributed by atoms with Gasteiger partial charge in [0.15, 0.2) is 0 Å². The van der Waals surface area contributed by atoms with Crippen molar-refractivity contribution in [2.45, 2.75) is 50.0 Å². The quantitative estimate of drug-likeness (QED) is 0.248. The van der Waals surface area contributed by atoms with E-state index in [0.29, 0.717) is 49.0 Å². The van der Waals surface area contributed by atoms with E-state index in [4.69, 9.17) is 0 Å². The number of hydrogen-bond donors (Lipinski definition) is 0. The Morgan fingerprint density at radius 2 is 1.95 bits per heavy atom. The second-order valence-corrected chi connectivity index (χ2v) is 11.5. The van der Waals surface area contributed by atoms with Crippen molar-refractivity contribution in [3.63, 3.8) is 0 Å². The van der Waals surface area contributed by atoms with Crippen molar-refractivity contribution in [3.05, 3.63) is 17.0 Å². The van der Waals surface area contributed by atoms with Gasteiger partial charge < -0.3 is 0 Å². The van der Waals surface area contributed by atoms with Crippen LogP contribution in [0.15, 0.2) is 0 Å². The molecule has 2 rings (SSSR count). The fourth-order valence-corrected chi connectivity index (χ4v) is 7.06. The Bertz CT molecular complexity index is 513. The Morgan fingerprint density at radius 1 is 1.42 bits per heavy atom. The summed E-state index contributed by atoms with van der Waals surface area (Å²) in [5.41, 5.74) is 2.86. The first-order chi connectivity index (χ1) is 8.52. The third-order valence-corrected chi connectivity index (χ3v) is 10.3. The van der Waals surface area contributed by atoms with Gasteiger partial charge in [0.25, 0.3) is 0 Å². The Hall–Kier alpha value is 2.20. The number of nitrogens with zero attached hydrogens (tertiary/aromatic N) is 3. The van der Waals surface area contributed by atoms with Crippen molar-refractivity contribution in [2.75, 3.05) is 0 Å². The van der Waals surface area contributed by atoms with Crippen molar-refractivity contribution >= 4 is 94.4 Å². The topological polar surface area (TPSA) is 21.1 Å². The summed E-state index contributed by atoms with van der Waals surface area (Å²) in [5.74, 6) is -1.46. The van der Waals surface area contributed by atoms with Crippen LogP contribution in [-0.4, -0.2) is 71.9 Å². The first kappa shape index (κ1) is 17.5. The number of rotatable bonds is 1. The van der Waals surface area contributed by atoms with E-state index >= 15 is 4.39 Å². The number of alkyl halides is 2. The fourth-order valence-electron chi connectivity index (χ4n) is 3.21. The van der Waals surface area contributed by atoms with Gasteiger partial charge in [0, 0.05) is 0 Å². The summed E-state index contributed by atoms with van der Waals surface area (Å²) >= 11 is 5.07. The molecule has 1 aliphatic rings. The molecule has 0 saturated carbocycles. The number of halogens is 3. The molecule has 3 unspecified atom stereocenters. The first-order valence-electron chi connectivity index (χ1n) is 6.41. The van der Waals surface area contributed by atoms with Gasteiger partial charge in [-0.15, -0.1) is 0 Å². The maximum absolute atomic E-state index is 15.5. The molecule has 0 radical (unpaired) electrons. The van der Waals surface area contributed by atoms with E-state index in [9.17, 15) is 0 Å². The molecule has 1 aromatic heterocycles. The molecule has 0 spiro atoms. The Morgan fingerprint density at radius 3 is 2.42 bits per heavy atom. The third kappa shape index (κ3) is 2.65. The molecular weight excluding hydrogens is 498 g/mol. The molecule has 0 N–H and O–H groups in total. The van der Waals surface area contributed by atoms with Gasteiger partial charge in [0.1, 0.15) is 0 Å². The zero-order chi connectivity index (χ0) is 14.7. The normalized spacial score (nSPS) is 35.8. The van der Waals surface area contributed by atoms with E-state index < -0.39 is 5.79 Å². The van der Waals surface area contributed by atoms with E-state index in [-0.39, 0.29) is 9.60 Å². The van der Waals surface area contributed by atoms with Gasteiger partial charge in [-0.05, 0) is 0 Å². The summed E-state index contributed by atoms with van der Waals surface area (Å²) in [5, 5.41) is 4.48. The van der Waals surface area contributed by atoms with Gasteiger partial charge in [-0.25, -0.2) is 0 Å². The zero-order valence-electron chi connectivity index (χ0n) is 12.1. The Kier molecular flexibility index (Phi) is 5.25. The molecule has 3 atom stereocenters. The van der Waals surface area contributed by atoms with Crippen molar-refractivity contribution in [2.24, 2.45) is 0 Å². The fraction of sp³-hybridized carbons (Fsp3) is 0.750. The molecule has 0 amide bonds. The van der Waals surface area contributed by atoms with E-state index in [1.807, 2.05) is 11.8 Å². The average Bonchev–Trinajstić information content (AvgIpc) is 2.52. The molecular formula is C12H17FI2KN3. The first-order valence-corrected chi connectivity index (χ1v) is 10.2. The molecule has 19 heavy (non-hydrogen) atoms. The monoisotopic (exact) mass is 515 g/mol. The van der Waals surface area contributed by atoms with Crippen LogP contribution in [0.1, 0.15) is 44.6 Å². The van der Waals surface area contributed by atoms with Gasteiger partial charge in [0.2, 0.25) is 0 Å². The predicted molar refractivity (Wildman–Crippen MR) is 92.7 cm³/mol. The molecule has 0 fully saturated rings. The van der Waals surface area contributed by atoms with Crippen LogP contribution in [0.3, 0.4) is 0 Å². The van der Waals surface area contributed by atoms with Gasteiger partial charge in [0.05, 0.1) is 0 Å². The second-order valence-electron chi connectivity index (χ2n) is 6.18. The summed E-state index contributed by atoms with van der Waals surface area (Å²) in [6.07, 6.45) is 0. The molecule has 7 heteroatoms. The molecule has 0 aliphatic carbocycles. The van der Waals surface area contributed by atoms with E-state index in [0.717, 1.165) is 17.0 Å². The van der Waals surface area contributed by atoms with Crippen molar-refractivity contribution in [3.8, 4) is 0 Å². The molecule has 3 nitrogen and oxygen atoms in total. The van der Waals surface area contributed by atoms with Crippen LogP contribution >= 0.6 is 45.5 Å². The number of hydrogen-bond acceptors (Lipinski definition) is 2. The van der Waals surface area contributed by atoms with E-state index in [1.54, 1.807) is 9.82 Å². The summed E-state index contributed by atoms with van der Waals surface area (Å²) < 4.78 is 17.5. The van der Waals surface area contributed by atoms with Gasteiger partial charge >= 0.3 is 179 Å². The molecule has 1 aromatic rings. The second kappa shape index (κ2) is 5.68. The van der Waals surface area contributed by atoms with Crippen LogP contribution in [-0.2, 0) is 5.30 Å². The molecule has 0 saturated heterocycles. The molecule has 1 aliphatic heterocycles. The maximum atomic E-state index is 15.5. The van der Waals surface area contributed by atoms with Crippen LogP contribution in [0.5, 0.6) is 0 Å². The van der Waals surface area contributed by atoms with Crippen LogP contribution < -0.4 is 0 Å². The number of fused-ring (bicyclic) bond motifs is 1. The summed E-state index contributed by atoms with van der Waals surface area (Å²) in [7, 11) is 0. The molecule has 102 valence electrons. The molecule has 0 bridgehead atoms. The van der Waals surface area contributed by atoms with Gasteiger partial charge in [-0.1, -0.05) is 0 Å². The summed E-state index contributed by atoms with van der Waals surface area (Å²) in [6, 6.07) is 0.165. The summed E-state index contributed by atoms with van der Waals surface area (Å²) in [4.78, 5) is 2.00. The SMILES string of the molecule is Cc1nn(I)c2c1[C](C)([K])C(I)N(C(C)C)C2(C)F. The Labute approximate surface area is 175 Å². The summed E-state index contributed by atoms with van der Waals surface area (Å²) in [6.45, 7) is 10.1. The van der Waals surface area contributed by atoms with Crippen molar-refractivity contribution < 1.29 is 4.39 Å². The number of aryl methyl sites for hydroxylation is 1. The van der Waals surface area contributed by atoms with Crippen LogP contribution in [0.4, 0.5) is 4.39 Å². The van der Waals surface area contributed by atoms with Crippen molar-refractivity contribution in [1.82, 2.24) is 12.9 Å². The standard InChI is InChI=1S/C12H17FI2N3.K/c1-6(2)17-11(14)7(3)9-8(4)16-18(15)10(9)12(17,5)13;/h6,11H,1-5H3;. The predicted octanol–water partition coefficient (Wildman–Crippen LogP) is 3.40. The van der Waals surface area contributed by atoms with Gasteiger partial charge in [-0.2, -0.15) is 0 Å². The van der Waals surface area contributed by atoms with E-state index in [2.05, 4.69) is 71.3 Å². The molecule has 2 heterocycles. The van der Waals surface area contributed by atoms with Crippen LogP contribution in [0.2, 0.25) is 0 Å². The van der Waals surface area contributed by atoms with Crippen LogP contribution in [0, 0.1) is 6.92 Å². The average molecular weight is 515 g/mol. The van der Waals surface area contributed by atoms with Crippen LogP contribution in [0.25, 0.3) is 0 Å².